The van der Waals surface area contributed by atoms with Gasteiger partial charge < -0.3 is 0 Å². The molecule has 3 aromatic heterocycles. The summed E-state index contributed by atoms with van der Waals surface area (Å²) in [5, 5.41) is 14.9. The molecule has 4 rings (SSSR count). The van der Waals surface area contributed by atoms with Crippen LogP contribution in [0.1, 0.15) is 57.2 Å². The molecule has 0 amide bonds. The van der Waals surface area contributed by atoms with Crippen molar-refractivity contribution >= 4 is 11.6 Å². The van der Waals surface area contributed by atoms with Crippen LogP contribution in [0.4, 0.5) is 0 Å². The summed E-state index contributed by atoms with van der Waals surface area (Å²) >= 11 is 6.69. The molecular weight excluding hydrogens is 450 g/mol. The van der Waals surface area contributed by atoms with Gasteiger partial charge >= 0.3 is 5.69 Å². The van der Waals surface area contributed by atoms with Crippen molar-refractivity contribution < 1.29 is 0 Å². The number of hydrogen-bond donors (Lipinski definition) is 1. The minimum absolute atomic E-state index is 0.0428. The number of nitrogens with zero attached hydrogens (tertiary/aromatic N) is 6. The quantitative estimate of drug-likeness (QED) is 0.301. The van der Waals surface area contributed by atoms with Gasteiger partial charge in [0.15, 0.2) is 0 Å². The predicted octanol–water partition coefficient (Wildman–Crippen LogP) is 5.13. The highest BCUT2D eigenvalue weighted by Crippen LogP contribution is 2.28. The fourth-order valence-electron chi connectivity index (χ4n) is 4.11. The van der Waals surface area contributed by atoms with Crippen LogP contribution in [-0.4, -0.2) is 34.7 Å². The number of hydrogen-bond acceptors (Lipinski definition) is 5. The van der Waals surface area contributed by atoms with E-state index >= 15 is 0 Å². The summed E-state index contributed by atoms with van der Waals surface area (Å²) in [6.07, 6.45) is 7.77. The maximum atomic E-state index is 13.2. The van der Waals surface area contributed by atoms with Crippen molar-refractivity contribution in [3.63, 3.8) is 0 Å². The maximum absolute atomic E-state index is 13.2. The number of unbranched alkanes of at least 4 members (excludes halogenated alkanes) is 3. The summed E-state index contributed by atoms with van der Waals surface area (Å²) in [5.41, 5.74) is 4.39. The van der Waals surface area contributed by atoms with E-state index in [1.807, 2.05) is 47.2 Å². The summed E-state index contributed by atoms with van der Waals surface area (Å²) in [7, 11) is 0. The number of pyridine rings is 1. The smallest absolute Gasteiger partial charge is 0.290 e. The topological polar surface area (TPSA) is 94.3 Å². The van der Waals surface area contributed by atoms with E-state index in [1.165, 1.54) is 0 Å². The number of aromatic amines is 1. The van der Waals surface area contributed by atoms with E-state index in [0.29, 0.717) is 24.1 Å². The number of benzene rings is 1. The van der Waals surface area contributed by atoms with E-state index in [1.54, 1.807) is 4.57 Å². The third-order valence-corrected chi connectivity index (χ3v) is 6.39. The summed E-state index contributed by atoms with van der Waals surface area (Å²) in [6, 6.07) is 11.8. The molecule has 0 saturated heterocycles. The second-order valence-corrected chi connectivity index (χ2v) is 8.76. The minimum atomic E-state index is -0.0428. The molecule has 3 heterocycles. The van der Waals surface area contributed by atoms with Crippen LogP contribution in [0.5, 0.6) is 0 Å². The Bertz CT molecular complexity index is 1260. The lowest BCUT2D eigenvalue weighted by molar-refractivity contribution is 0.573. The zero-order chi connectivity index (χ0) is 23.9. The molecule has 0 aliphatic heterocycles. The summed E-state index contributed by atoms with van der Waals surface area (Å²) in [5.74, 6) is 0.521. The monoisotopic (exact) mass is 479 g/mol. The van der Waals surface area contributed by atoms with Crippen molar-refractivity contribution in [2.24, 2.45) is 0 Å². The summed E-state index contributed by atoms with van der Waals surface area (Å²) < 4.78 is 3.54. The SMILES string of the molecule is CCCCCn1c(Cl)c(CCCC)n(Cc2ccc(-c3ccccc3-c3nn[nH]n3)nc2)c1=O. The van der Waals surface area contributed by atoms with Crippen LogP contribution in [0.15, 0.2) is 47.4 Å². The highest BCUT2D eigenvalue weighted by Gasteiger charge is 2.18. The Morgan fingerprint density at radius 2 is 1.76 bits per heavy atom. The largest absolute Gasteiger partial charge is 0.329 e. The van der Waals surface area contributed by atoms with E-state index in [2.05, 4.69) is 39.5 Å². The second-order valence-electron chi connectivity index (χ2n) is 8.40. The Morgan fingerprint density at radius 3 is 2.44 bits per heavy atom. The highest BCUT2D eigenvalue weighted by atomic mass is 35.5. The van der Waals surface area contributed by atoms with Gasteiger partial charge in [0.25, 0.3) is 0 Å². The standard InChI is InChI=1S/C25H30ClN7O/c1-3-5-9-15-32-23(26)22(12-6-4-2)33(25(32)34)17-18-13-14-21(27-16-18)19-10-7-8-11-20(19)24-28-30-31-29-24/h7-8,10-11,13-14,16H,3-6,9,12,15,17H2,1-2H3,(H,28,29,30,31). The molecule has 4 aromatic rings. The first-order valence-electron chi connectivity index (χ1n) is 11.9. The Balaban J connectivity index is 1.62. The van der Waals surface area contributed by atoms with Gasteiger partial charge in [-0.05, 0) is 36.1 Å². The maximum Gasteiger partial charge on any atom is 0.329 e. The zero-order valence-electron chi connectivity index (χ0n) is 19.7. The van der Waals surface area contributed by atoms with Gasteiger partial charge in [-0.1, -0.05) is 75.0 Å². The fraction of sp³-hybridized carbons (Fsp3) is 0.400. The first-order valence-corrected chi connectivity index (χ1v) is 12.3. The number of nitrogens with one attached hydrogen (secondary N) is 1. The number of aromatic nitrogens is 7. The van der Waals surface area contributed by atoms with Crippen LogP contribution in [-0.2, 0) is 19.5 Å². The molecule has 0 aliphatic carbocycles. The van der Waals surface area contributed by atoms with Gasteiger partial charge in [0.05, 0.1) is 17.9 Å². The van der Waals surface area contributed by atoms with Gasteiger partial charge in [0, 0.05) is 23.9 Å². The molecule has 1 N–H and O–H groups in total. The number of halogens is 1. The highest BCUT2D eigenvalue weighted by molar-refractivity contribution is 6.30. The minimum Gasteiger partial charge on any atom is -0.290 e. The molecule has 9 heteroatoms. The molecule has 0 unspecified atom stereocenters. The number of H-pyrrole nitrogens is 1. The molecule has 0 fully saturated rings. The van der Waals surface area contributed by atoms with Gasteiger partial charge in [0.2, 0.25) is 5.82 Å². The van der Waals surface area contributed by atoms with Crippen molar-refractivity contribution in [2.75, 3.05) is 0 Å². The van der Waals surface area contributed by atoms with E-state index in [0.717, 1.165) is 66.6 Å². The second kappa shape index (κ2) is 11.2. The van der Waals surface area contributed by atoms with E-state index in [4.69, 9.17) is 11.6 Å². The van der Waals surface area contributed by atoms with Gasteiger partial charge in [0.1, 0.15) is 5.15 Å². The number of tetrazole rings is 1. The molecule has 178 valence electrons. The Kier molecular flexibility index (Phi) is 7.90. The molecule has 0 radical (unpaired) electrons. The molecule has 34 heavy (non-hydrogen) atoms. The molecule has 0 spiro atoms. The molecule has 0 bridgehead atoms. The van der Waals surface area contributed by atoms with E-state index in [9.17, 15) is 4.79 Å². The fourth-order valence-corrected chi connectivity index (χ4v) is 4.46. The first-order chi connectivity index (χ1) is 16.6. The van der Waals surface area contributed by atoms with Gasteiger partial charge in [-0.25, -0.2) is 4.79 Å². The lowest BCUT2D eigenvalue weighted by Gasteiger charge is -2.09. The van der Waals surface area contributed by atoms with Crippen LogP contribution >= 0.6 is 11.6 Å². The van der Waals surface area contributed by atoms with E-state index < -0.39 is 0 Å². The molecular formula is C25H30ClN7O. The average molecular weight is 480 g/mol. The molecule has 1 aromatic carbocycles. The zero-order valence-corrected chi connectivity index (χ0v) is 20.4. The van der Waals surface area contributed by atoms with Crippen LogP contribution in [0.2, 0.25) is 5.15 Å². The predicted molar refractivity (Wildman–Crippen MR) is 134 cm³/mol. The van der Waals surface area contributed by atoms with Crippen molar-refractivity contribution in [2.45, 2.75) is 65.5 Å². The normalized spacial score (nSPS) is 11.3. The van der Waals surface area contributed by atoms with Gasteiger partial charge in [-0.15, -0.1) is 10.2 Å². The molecule has 8 nitrogen and oxygen atoms in total. The molecule has 0 saturated carbocycles. The third-order valence-electron chi connectivity index (χ3n) is 5.97. The van der Waals surface area contributed by atoms with Gasteiger partial charge in [-0.3, -0.25) is 14.1 Å². The Labute approximate surface area is 204 Å². The summed E-state index contributed by atoms with van der Waals surface area (Å²) in [4.78, 5) is 17.9. The Hall–Kier alpha value is -3.26. The van der Waals surface area contributed by atoms with Crippen molar-refractivity contribution in [3.05, 3.63) is 69.5 Å². The lowest BCUT2D eigenvalue weighted by Crippen LogP contribution is -2.26. The summed E-state index contributed by atoms with van der Waals surface area (Å²) in [6.45, 7) is 5.39. The third kappa shape index (κ3) is 5.12. The van der Waals surface area contributed by atoms with Crippen LogP contribution in [0, 0.1) is 0 Å². The van der Waals surface area contributed by atoms with Crippen LogP contribution in [0.25, 0.3) is 22.6 Å². The first kappa shape index (κ1) is 23.9. The van der Waals surface area contributed by atoms with Crippen molar-refractivity contribution in [1.29, 1.82) is 0 Å². The average Bonchev–Trinajstić information content (AvgIpc) is 3.47. The molecule has 0 atom stereocenters. The van der Waals surface area contributed by atoms with Crippen molar-refractivity contribution in [1.82, 2.24) is 34.7 Å². The number of rotatable bonds is 11. The molecule has 0 aliphatic rings. The van der Waals surface area contributed by atoms with E-state index in [-0.39, 0.29) is 5.69 Å². The number of imidazole rings is 1. The van der Waals surface area contributed by atoms with Crippen molar-refractivity contribution in [3.8, 4) is 22.6 Å². The van der Waals surface area contributed by atoms with Gasteiger partial charge in [-0.2, -0.15) is 5.21 Å². The van der Waals surface area contributed by atoms with Crippen LogP contribution < -0.4 is 5.69 Å². The Morgan fingerprint density at radius 1 is 0.971 bits per heavy atom. The lowest BCUT2D eigenvalue weighted by atomic mass is 10.0. The van der Waals surface area contributed by atoms with Crippen LogP contribution in [0.3, 0.4) is 0 Å².